The first-order valence-electron chi connectivity index (χ1n) is 7.47. The topological polar surface area (TPSA) is 74.8 Å². The number of aromatic amines is 1. The summed E-state index contributed by atoms with van der Waals surface area (Å²) in [5.41, 5.74) is 1.48. The first-order chi connectivity index (χ1) is 11.6. The van der Waals surface area contributed by atoms with Crippen LogP contribution in [0.5, 0.6) is 0 Å². The predicted molar refractivity (Wildman–Crippen MR) is 91.3 cm³/mol. The number of aromatic nitrogens is 2. The second-order valence-corrected chi connectivity index (χ2v) is 6.67. The zero-order chi connectivity index (χ0) is 17.1. The maximum Gasteiger partial charge on any atom is 0.231 e. The predicted octanol–water partition coefficient (Wildman–Crippen LogP) is 3.68. The number of nitrogens with zero attached hydrogens (tertiary/aromatic N) is 1. The van der Waals surface area contributed by atoms with Crippen LogP contribution in [0.25, 0.3) is 10.6 Å². The van der Waals surface area contributed by atoms with Gasteiger partial charge in [0.05, 0.1) is 27.6 Å². The summed E-state index contributed by atoms with van der Waals surface area (Å²) in [7, 11) is 0. The first-order valence-corrected chi connectivity index (χ1v) is 8.29. The van der Waals surface area contributed by atoms with Crippen LogP contribution < -0.4 is 5.32 Å². The van der Waals surface area contributed by atoms with Crippen LogP contribution in [0.3, 0.4) is 0 Å². The molecule has 124 valence electrons. The Balaban J connectivity index is 1.94. The molecule has 2 aromatic heterocycles. The van der Waals surface area contributed by atoms with E-state index in [-0.39, 0.29) is 12.3 Å². The van der Waals surface area contributed by atoms with Crippen molar-refractivity contribution in [2.75, 3.05) is 5.32 Å². The van der Waals surface area contributed by atoms with E-state index in [1.54, 1.807) is 6.07 Å². The fourth-order valence-electron chi connectivity index (χ4n) is 2.17. The number of hydrogen-bond donors (Lipinski definition) is 2. The molecular formula is C17H16FN3O2S. The van der Waals surface area contributed by atoms with Crippen molar-refractivity contribution in [3.63, 3.8) is 0 Å². The molecule has 2 atom stereocenters. The number of H-pyrrole nitrogens is 1. The van der Waals surface area contributed by atoms with Gasteiger partial charge < -0.3 is 10.3 Å². The molecule has 0 radical (unpaired) electrons. The van der Waals surface area contributed by atoms with Gasteiger partial charge in [0.2, 0.25) is 5.91 Å². The van der Waals surface area contributed by atoms with Crippen molar-refractivity contribution < 1.29 is 14.0 Å². The highest BCUT2D eigenvalue weighted by Gasteiger charge is 2.43. The van der Waals surface area contributed by atoms with Crippen LogP contribution in [-0.4, -0.2) is 28.3 Å². The zero-order valence-corrected chi connectivity index (χ0v) is 13.8. The molecule has 24 heavy (non-hydrogen) atoms. The number of amides is 1. The van der Waals surface area contributed by atoms with Gasteiger partial charge in [0.1, 0.15) is 12.0 Å². The van der Waals surface area contributed by atoms with Gasteiger partial charge >= 0.3 is 0 Å². The molecule has 2 heterocycles. The Morgan fingerprint density at radius 2 is 2.21 bits per heavy atom. The summed E-state index contributed by atoms with van der Waals surface area (Å²) < 4.78 is 13.0. The second-order valence-electron chi connectivity index (χ2n) is 5.56. The summed E-state index contributed by atoms with van der Waals surface area (Å²) in [6.07, 6.45) is 1.51. The Labute approximate surface area is 142 Å². The Hall–Kier alpha value is -2.54. The van der Waals surface area contributed by atoms with E-state index in [2.05, 4.69) is 15.3 Å². The summed E-state index contributed by atoms with van der Waals surface area (Å²) in [6, 6.07) is 9.05. The molecule has 1 amide bonds. The van der Waals surface area contributed by atoms with Gasteiger partial charge in [-0.25, -0.2) is 4.39 Å². The zero-order valence-electron chi connectivity index (χ0n) is 13.0. The van der Waals surface area contributed by atoms with E-state index in [4.69, 9.17) is 0 Å². The van der Waals surface area contributed by atoms with Crippen molar-refractivity contribution >= 4 is 29.3 Å². The lowest BCUT2D eigenvalue weighted by Gasteiger charge is -2.02. The fraction of sp³-hybridized carbons (Fsp3) is 0.235. The number of rotatable bonds is 4. The minimum Gasteiger partial charge on any atom is -0.344 e. The van der Waals surface area contributed by atoms with E-state index >= 15 is 0 Å². The SMILES string of the molecule is Cc1cccc(-c2ccc(C=O)s2)ncc(NC(=O)[C@H]2C[C@@H]2F)[nH]1. The van der Waals surface area contributed by atoms with Crippen LogP contribution in [0.1, 0.15) is 21.8 Å². The Kier molecular flexibility index (Phi) is 4.71. The number of halogens is 1. The van der Waals surface area contributed by atoms with Crippen LogP contribution in [0.2, 0.25) is 0 Å². The normalized spacial score (nSPS) is 18.6. The molecule has 0 unspecified atom stereocenters. The monoisotopic (exact) mass is 345 g/mol. The minimum absolute atomic E-state index is 0.272. The number of carbonyl (C=O) groups excluding carboxylic acids is 2. The molecule has 2 N–H and O–H groups in total. The van der Waals surface area contributed by atoms with Gasteiger partial charge in [-0.3, -0.25) is 14.6 Å². The molecule has 0 spiro atoms. The van der Waals surface area contributed by atoms with Gasteiger partial charge in [0, 0.05) is 5.69 Å². The van der Waals surface area contributed by atoms with Crippen molar-refractivity contribution in [3.05, 3.63) is 47.1 Å². The van der Waals surface area contributed by atoms with Crippen LogP contribution in [0.4, 0.5) is 10.2 Å². The second kappa shape index (κ2) is 6.92. The quantitative estimate of drug-likeness (QED) is 0.830. The third-order valence-corrected chi connectivity index (χ3v) is 4.60. The van der Waals surface area contributed by atoms with Crippen LogP contribution >= 0.6 is 11.3 Å². The van der Waals surface area contributed by atoms with Gasteiger partial charge in [-0.05, 0) is 37.6 Å². The molecule has 0 aromatic carbocycles. The highest BCUT2D eigenvalue weighted by Crippen LogP contribution is 2.34. The molecule has 1 fully saturated rings. The average molecular weight is 345 g/mol. The average Bonchev–Trinajstić information content (AvgIpc) is 3.09. The third kappa shape index (κ3) is 3.86. The molecule has 1 aliphatic carbocycles. The lowest BCUT2D eigenvalue weighted by molar-refractivity contribution is -0.117. The first kappa shape index (κ1) is 16.3. The van der Waals surface area contributed by atoms with Crippen LogP contribution in [-0.2, 0) is 4.79 Å². The van der Waals surface area contributed by atoms with E-state index in [1.165, 1.54) is 17.5 Å². The van der Waals surface area contributed by atoms with Crippen molar-refractivity contribution in [3.8, 4) is 10.6 Å². The van der Waals surface area contributed by atoms with E-state index in [9.17, 15) is 14.0 Å². The molecule has 1 aliphatic rings. The number of aryl methyl sites for hydroxylation is 1. The summed E-state index contributed by atoms with van der Waals surface area (Å²) in [4.78, 5) is 31.6. The number of aldehydes is 1. The highest BCUT2D eigenvalue weighted by molar-refractivity contribution is 7.17. The third-order valence-electron chi connectivity index (χ3n) is 3.57. The molecular weight excluding hydrogens is 329 g/mol. The molecule has 7 heteroatoms. The van der Waals surface area contributed by atoms with Gasteiger partial charge in [-0.2, -0.15) is 0 Å². The summed E-state index contributed by atoms with van der Waals surface area (Å²) in [5.74, 6) is -0.530. The number of carbonyl (C=O) groups is 2. The molecule has 0 bridgehead atoms. The summed E-state index contributed by atoms with van der Waals surface area (Å²) in [5, 5.41) is 2.67. The van der Waals surface area contributed by atoms with Gasteiger partial charge in [0.15, 0.2) is 6.29 Å². The van der Waals surface area contributed by atoms with Crippen LogP contribution in [0.15, 0.2) is 36.5 Å². The molecule has 0 aliphatic heterocycles. The van der Waals surface area contributed by atoms with Gasteiger partial charge in [-0.1, -0.05) is 6.07 Å². The number of nitrogens with one attached hydrogen (secondary N) is 2. The van der Waals surface area contributed by atoms with Gasteiger partial charge in [0.25, 0.3) is 0 Å². The molecule has 3 rings (SSSR count). The number of alkyl halides is 1. The Bertz CT molecular complexity index is 829. The lowest BCUT2D eigenvalue weighted by atomic mass is 10.3. The van der Waals surface area contributed by atoms with Gasteiger partial charge in [-0.15, -0.1) is 11.3 Å². The largest absolute Gasteiger partial charge is 0.344 e. The highest BCUT2D eigenvalue weighted by atomic mass is 32.1. The molecule has 2 aromatic rings. The smallest absolute Gasteiger partial charge is 0.231 e. The van der Waals surface area contributed by atoms with E-state index in [1.807, 2.05) is 31.2 Å². The summed E-state index contributed by atoms with van der Waals surface area (Å²) in [6.45, 7) is 1.85. The molecule has 5 nitrogen and oxygen atoms in total. The number of anilines is 1. The van der Waals surface area contributed by atoms with Crippen molar-refractivity contribution in [1.29, 1.82) is 0 Å². The molecule has 0 saturated heterocycles. The van der Waals surface area contributed by atoms with E-state index in [0.717, 1.165) is 16.9 Å². The Morgan fingerprint density at radius 3 is 2.88 bits per heavy atom. The van der Waals surface area contributed by atoms with Crippen molar-refractivity contribution in [1.82, 2.24) is 9.97 Å². The number of hydrogen-bond acceptors (Lipinski definition) is 4. The maximum atomic E-state index is 13.0. The maximum absolute atomic E-state index is 13.0. The number of thiophene rings is 1. The van der Waals surface area contributed by atoms with E-state index < -0.39 is 12.1 Å². The van der Waals surface area contributed by atoms with Crippen LogP contribution in [0, 0.1) is 12.8 Å². The molecule has 1 saturated carbocycles. The van der Waals surface area contributed by atoms with Crippen molar-refractivity contribution in [2.24, 2.45) is 5.92 Å². The lowest BCUT2D eigenvalue weighted by Crippen LogP contribution is -2.15. The Morgan fingerprint density at radius 1 is 1.42 bits per heavy atom. The standard InChI is InChI=1S/C17H16FN3O2S/c1-10-3-2-4-14(15-6-5-11(9-22)24-15)19-8-16(20-10)21-17(23)12-7-13(12)18/h2-6,8-9,12-13,20H,7H2,1H3,(H,21,23)/t12-,13-/m0/s1. The summed E-state index contributed by atoms with van der Waals surface area (Å²) >= 11 is 1.34. The minimum atomic E-state index is -1.05. The van der Waals surface area contributed by atoms with Crippen molar-refractivity contribution in [2.45, 2.75) is 19.5 Å². The van der Waals surface area contributed by atoms with E-state index in [0.29, 0.717) is 16.4 Å². The fourth-order valence-corrected chi connectivity index (χ4v) is 2.97.